The lowest BCUT2D eigenvalue weighted by atomic mass is 10.1. The molecule has 3 rings (SSSR count). The lowest BCUT2D eigenvalue weighted by Crippen LogP contribution is -2.36. The summed E-state index contributed by atoms with van der Waals surface area (Å²) in [7, 11) is 0. The minimum absolute atomic E-state index is 0.0660. The van der Waals surface area contributed by atoms with Gasteiger partial charge < -0.3 is 10.4 Å². The molecule has 2 atom stereocenters. The number of rotatable bonds is 4. The van der Waals surface area contributed by atoms with E-state index in [-0.39, 0.29) is 24.6 Å². The number of benzene rings is 1. The topological polar surface area (TPSA) is 87.1 Å². The maximum atomic E-state index is 11.9. The molecule has 3 N–H and O–H groups in total. The third-order valence-electron chi connectivity index (χ3n) is 3.70. The smallest absolute Gasteiger partial charge is 0.320 e. The van der Waals surface area contributed by atoms with Crippen molar-refractivity contribution in [2.45, 2.75) is 12.5 Å². The number of aliphatic hydroxyl groups excluding tert-OH is 1. The standard InChI is InChI=1S/C17H18N4O2/c22-11-12-6-7-14(10-12)18-17(23)19-16-9-8-15(20-21-16)13-4-2-1-3-5-13/h1-9,12,14,22H,10-11H2,(H2,18,19,21,23)/t12-,14+/m0/s1. The van der Waals surface area contributed by atoms with Crippen LogP contribution in [0.25, 0.3) is 11.3 Å². The van der Waals surface area contributed by atoms with E-state index in [4.69, 9.17) is 5.11 Å². The van der Waals surface area contributed by atoms with Crippen molar-refractivity contribution in [2.24, 2.45) is 5.92 Å². The number of nitrogens with zero attached hydrogens (tertiary/aromatic N) is 2. The van der Waals surface area contributed by atoms with E-state index in [9.17, 15) is 4.79 Å². The molecule has 23 heavy (non-hydrogen) atoms. The van der Waals surface area contributed by atoms with E-state index in [0.29, 0.717) is 12.2 Å². The number of aromatic nitrogens is 2. The second kappa shape index (κ2) is 7.02. The number of hydrogen-bond donors (Lipinski definition) is 3. The highest BCUT2D eigenvalue weighted by Crippen LogP contribution is 2.18. The normalized spacial score (nSPS) is 19.5. The number of carbonyl (C=O) groups is 1. The number of nitrogens with one attached hydrogen (secondary N) is 2. The number of carbonyl (C=O) groups excluding carboxylic acids is 1. The molecule has 0 unspecified atom stereocenters. The molecule has 0 spiro atoms. The van der Waals surface area contributed by atoms with Crippen LogP contribution >= 0.6 is 0 Å². The molecule has 118 valence electrons. The van der Waals surface area contributed by atoms with Crippen LogP contribution in [0.2, 0.25) is 0 Å². The van der Waals surface area contributed by atoms with Crippen LogP contribution in [0.15, 0.2) is 54.6 Å². The highest BCUT2D eigenvalue weighted by atomic mass is 16.3. The van der Waals surface area contributed by atoms with Crippen molar-refractivity contribution in [2.75, 3.05) is 11.9 Å². The number of urea groups is 1. The zero-order valence-corrected chi connectivity index (χ0v) is 12.5. The summed E-state index contributed by atoms with van der Waals surface area (Å²) in [5.74, 6) is 0.508. The Balaban J connectivity index is 1.56. The van der Waals surface area contributed by atoms with Crippen LogP contribution in [0.3, 0.4) is 0 Å². The zero-order chi connectivity index (χ0) is 16.1. The van der Waals surface area contributed by atoms with Crippen molar-refractivity contribution in [3.8, 4) is 11.3 Å². The summed E-state index contributed by atoms with van der Waals surface area (Å²) >= 11 is 0. The summed E-state index contributed by atoms with van der Waals surface area (Å²) in [5.41, 5.74) is 1.73. The van der Waals surface area contributed by atoms with Crippen LogP contribution in [0.1, 0.15) is 6.42 Å². The Hall–Kier alpha value is -2.73. The average Bonchev–Trinajstić information content (AvgIpc) is 3.04. The molecule has 1 heterocycles. The summed E-state index contributed by atoms with van der Waals surface area (Å²) in [5, 5.41) is 22.7. The van der Waals surface area contributed by atoms with Crippen LogP contribution in [0.4, 0.5) is 10.6 Å². The molecule has 0 bridgehead atoms. The Labute approximate surface area is 134 Å². The first-order chi connectivity index (χ1) is 11.2. The molecule has 1 aromatic carbocycles. The quantitative estimate of drug-likeness (QED) is 0.756. The largest absolute Gasteiger partial charge is 0.396 e. The second-order valence-corrected chi connectivity index (χ2v) is 5.44. The van der Waals surface area contributed by atoms with Crippen molar-refractivity contribution in [1.29, 1.82) is 0 Å². The highest BCUT2D eigenvalue weighted by molar-refractivity contribution is 5.88. The molecule has 0 saturated heterocycles. The summed E-state index contributed by atoms with van der Waals surface area (Å²) < 4.78 is 0. The number of anilines is 1. The molecule has 2 aromatic rings. The average molecular weight is 310 g/mol. The summed E-state index contributed by atoms with van der Waals surface area (Å²) in [6, 6.07) is 12.9. The van der Waals surface area contributed by atoms with E-state index >= 15 is 0 Å². The van der Waals surface area contributed by atoms with Gasteiger partial charge in [-0.15, -0.1) is 10.2 Å². The minimum Gasteiger partial charge on any atom is -0.396 e. The first-order valence-corrected chi connectivity index (χ1v) is 7.50. The second-order valence-electron chi connectivity index (χ2n) is 5.44. The van der Waals surface area contributed by atoms with Crippen molar-refractivity contribution < 1.29 is 9.90 Å². The van der Waals surface area contributed by atoms with E-state index in [2.05, 4.69) is 20.8 Å². The van der Waals surface area contributed by atoms with Gasteiger partial charge in [0.05, 0.1) is 5.69 Å². The maximum absolute atomic E-state index is 11.9. The first-order valence-electron chi connectivity index (χ1n) is 7.50. The predicted octanol–water partition coefficient (Wildman–Crippen LogP) is 2.20. The highest BCUT2D eigenvalue weighted by Gasteiger charge is 2.19. The van der Waals surface area contributed by atoms with E-state index < -0.39 is 0 Å². The molecule has 6 nitrogen and oxygen atoms in total. The Bertz CT molecular complexity index is 685. The predicted molar refractivity (Wildman–Crippen MR) is 87.7 cm³/mol. The van der Waals surface area contributed by atoms with Gasteiger partial charge in [0.1, 0.15) is 0 Å². The van der Waals surface area contributed by atoms with E-state index in [1.165, 1.54) is 0 Å². The van der Waals surface area contributed by atoms with Crippen LogP contribution in [-0.4, -0.2) is 34.0 Å². The van der Waals surface area contributed by atoms with Gasteiger partial charge in [-0.3, -0.25) is 5.32 Å². The number of hydrogen-bond acceptors (Lipinski definition) is 4. The third kappa shape index (κ3) is 3.92. The molecular weight excluding hydrogens is 292 g/mol. The van der Waals surface area contributed by atoms with Gasteiger partial charge in [0.25, 0.3) is 0 Å². The van der Waals surface area contributed by atoms with Crippen molar-refractivity contribution in [1.82, 2.24) is 15.5 Å². The summed E-state index contributed by atoms with van der Waals surface area (Å²) in [6.07, 6.45) is 4.52. The Kier molecular flexibility index (Phi) is 4.63. The van der Waals surface area contributed by atoms with Gasteiger partial charge >= 0.3 is 6.03 Å². The third-order valence-corrected chi connectivity index (χ3v) is 3.70. The van der Waals surface area contributed by atoms with Crippen LogP contribution in [-0.2, 0) is 0 Å². The Morgan fingerprint density at radius 1 is 1.13 bits per heavy atom. The number of amides is 2. The molecule has 0 fully saturated rings. The van der Waals surface area contributed by atoms with Crippen molar-refractivity contribution >= 4 is 11.8 Å². The molecule has 1 aliphatic carbocycles. The van der Waals surface area contributed by atoms with Crippen molar-refractivity contribution in [3.05, 3.63) is 54.6 Å². The van der Waals surface area contributed by atoms with Crippen molar-refractivity contribution in [3.63, 3.8) is 0 Å². The van der Waals surface area contributed by atoms with Gasteiger partial charge in [0.2, 0.25) is 0 Å². The molecule has 6 heteroatoms. The fourth-order valence-electron chi connectivity index (χ4n) is 2.50. The van der Waals surface area contributed by atoms with Gasteiger partial charge in [0.15, 0.2) is 5.82 Å². The monoisotopic (exact) mass is 310 g/mol. The molecule has 0 saturated carbocycles. The van der Waals surface area contributed by atoms with E-state index in [1.807, 2.05) is 48.6 Å². The Morgan fingerprint density at radius 3 is 2.61 bits per heavy atom. The van der Waals surface area contributed by atoms with Gasteiger partial charge in [-0.25, -0.2) is 4.79 Å². The molecule has 1 aromatic heterocycles. The van der Waals surface area contributed by atoms with Gasteiger partial charge in [-0.1, -0.05) is 42.5 Å². The molecular formula is C17H18N4O2. The number of aliphatic hydroxyl groups is 1. The molecule has 2 amide bonds. The fraction of sp³-hybridized carbons (Fsp3) is 0.235. The van der Waals surface area contributed by atoms with Gasteiger partial charge in [-0.2, -0.15) is 0 Å². The zero-order valence-electron chi connectivity index (χ0n) is 12.5. The SMILES string of the molecule is O=C(Nc1ccc(-c2ccccc2)nn1)N[C@@H]1C=C[C@H](CO)C1. The molecule has 0 aliphatic heterocycles. The van der Waals surface area contributed by atoms with E-state index in [0.717, 1.165) is 11.3 Å². The van der Waals surface area contributed by atoms with Gasteiger partial charge in [-0.05, 0) is 18.6 Å². The summed E-state index contributed by atoms with van der Waals surface area (Å²) in [6.45, 7) is 0.0999. The first kappa shape index (κ1) is 15.2. The molecule has 0 radical (unpaired) electrons. The van der Waals surface area contributed by atoms with Gasteiger partial charge in [0, 0.05) is 24.1 Å². The lowest BCUT2D eigenvalue weighted by Gasteiger charge is -2.13. The molecule has 1 aliphatic rings. The van der Waals surface area contributed by atoms with Crippen LogP contribution < -0.4 is 10.6 Å². The fourth-order valence-corrected chi connectivity index (χ4v) is 2.50. The van der Waals surface area contributed by atoms with E-state index in [1.54, 1.807) is 6.07 Å². The lowest BCUT2D eigenvalue weighted by molar-refractivity contribution is 0.238. The Morgan fingerprint density at radius 2 is 1.96 bits per heavy atom. The maximum Gasteiger partial charge on any atom is 0.320 e. The van der Waals surface area contributed by atoms with Crippen LogP contribution in [0, 0.1) is 5.92 Å². The minimum atomic E-state index is -0.333. The summed E-state index contributed by atoms with van der Waals surface area (Å²) in [4.78, 5) is 11.9. The van der Waals surface area contributed by atoms with Crippen LogP contribution in [0.5, 0.6) is 0 Å².